The molecule has 3 aromatic rings. The van der Waals surface area contributed by atoms with Gasteiger partial charge in [-0.15, -0.1) is 0 Å². The van der Waals surface area contributed by atoms with Crippen molar-refractivity contribution in [1.82, 2.24) is 9.38 Å². The summed E-state index contributed by atoms with van der Waals surface area (Å²) in [6.45, 7) is 2.17. The maximum atomic E-state index is 11.4. The normalized spacial score (nSPS) is 24.2. The van der Waals surface area contributed by atoms with Crippen molar-refractivity contribution < 1.29 is 5.11 Å². The molecule has 3 nitrogen and oxygen atoms in total. The zero-order valence-corrected chi connectivity index (χ0v) is 16.0. The molecule has 2 fully saturated rings. The molecule has 0 bridgehead atoms. The summed E-state index contributed by atoms with van der Waals surface area (Å²) in [5.41, 5.74) is 6.34. The number of hydrogen-bond donors (Lipinski definition) is 1. The van der Waals surface area contributed by atoms with Crippen LogP contribution in [0, 0.1) is 12.8 Å². The number of imidazole rings is 1. The first-order valence-corrected chi connectivity index (χ1v) is 10.4. The minimum Gasteiger partial charge on any atom is -0.387 e. The fraction of sp³-hybridized carbons (Fsp3) is 0.458. The SMILES string of the molecule is Cc1cccc(C2CCC([C@@H](O)c3c(C4CC4)ccc4cncn34)CC2)c1. The first-order chi connectivity index (χ1) is 13.2. The van der Waals surface area contributed by atoms with Gasteiger partial charge in [-0.1, -0.05) is 35.9 Å². The second kappa shape index (κ2) is 6.79. The van der Waals surface area contributed by atoms with Crippen LogP contribution in [0.4, 0.5) is 0 Å². The van der Waals surface area contributed by atoms with Crippen LogP contribution in [0.1, 0.15) is 78.8 Å². The van der Waals surface area contributed by atoms with Crippen molar-refractivity contribution >= 4 is 5.52 Å². The highest BCUT2D eigenvalue weighted by Gasteiger charge is 2.34. The molecule has 2 heterocycles. The molecule has 1 atom stereocenters. The molecule has 0 saturated heterocycles. The number of aliphatic hydroxyl groups is 1. The highest BCUT2D eigenvalue weighted by atomic mass is 16.3. The number of rotatable bonds is 4. The molecule has 2 aliphatic carbocycles. The number of aliphatic hydroxyl groups excluding tert-OH is 1. The molecule has 0 radical (unpaired) electrons. The first-order valence-electron chi connectivity index (χ1n) is 10.4. The molecule has 0 amide bonds. The number of hydrogen-bond acceptors (Lipinski definition) is 2. The standard InChI is InChI=1S/C24H28N2O/c1-16-3-2-4-20(13-16)17-5-9-19(10-6-17)24(27)23-22(18-7-8-18)12-11-21-14-25-15-26(21)23/h2-4,11-15,17-19,24,27H,5-10H2,1H3/t17?,19?,24-/m1/s1. The van der Waals surface area contributed by atoms with Gasteiger partial charge in [0, 0.05) is 0 Å². The van der Waals surface area contributed by atoms with E-state index in [0.29, 0.717) is 17.8 Å². The van der Waals surface area contributed by atoms with Crippen LogP contribution < -0.4 is 0 Å². The van der Waals surface area contributed by atoms with Gasteiger partial charge in [0.05, 0.1) is 29.8 Å². The van der Waals surface area contributed by atoms with Crippen LogP contribution in [0.3, 0.4) is 0 Å². The third-order valence-electron chi connectivity index (χ3n) is 6.69. The molecule has 2 aromatic heterocycles. The summed E-state index contributed by atoms with van der Waals surface area (Å²) >= 11 is 0. The maximum Gasteiger partial charge on any atom is 0.0995 e. The zero-order valence-electron chi connectivity index (χ0n) is 16.0. The van der Waals surface area contributed by atoms with Crippen molar-refractivity contribution in [3.8, 4) is 0 Å². The number of aromatic nitrogens is 2. The van der Waals surface area contributed by atoms with Gasteiger partial charge in [0.1, 0.15) is 0 Å². The summed E-state index contributed by atoms with van der Waals surface area (Å²) in [4.78, 5) is 4.32. The number of fused-ring (bicyclic) bond motifs is 1. The van der Waals surface area contributed by atoms with Gasteiger partial charge < -0.3 is 9.51 Å². The second-order valence-electron chi connectivity index (χ2n) is 8.61. The van der Waals surface area contributed by atoms with E-state index in [-0.39, 0.29) is 0 Å². The molecule has 2 saturated carbocycles. The Hall–Kier alpha value is -2.13. The first kappa shape index (κ1) is 17.0. The van der Waals surface area contributed by atoms with E-state index >= 15 is 0 Å². The monoisotopic (exact) mass is 360 g/mol. The van der Waals surface area contributed by atoms with E-state index in [2.05, 4.69) is 52.7 Å². The Kier molecular flexibility index (Phi) is 4.28. The second-order valence-corrected chi connectivity index (χ2v) is 8.61. The third kappa shape index (κ3) is 3.19. The molecule has 5 rings (SSSR count). The van der Waals surface area contributed by atoms with E-state index < -0.39 is 6.10 Å². The van der Waals surface area contributed by atoms with E-state index in [1.54, 1.807) is 0 Å². The lowest BCUT2D eigenvalue weighted by Gasteiger charge is -2.33. The van der Waals surface area contributed by atoms with Crippen molar-refractivity contribution in [3.05, 3.63) is 71.3 Å². The van der Waals surface area contributed by atoms with Gasteiger partial charge in [0.2, 0.25) is 0 Å². The van der Waals surface area contributed by atoms with Crippen molar-refractivity contribution in [1.29, 1.82) is 0 Å². The van der Waals surface area contributed by atoms with Crippen molar-refractivity contribution in [2.75, 3.05) is 0 Å². The van der Waals surface area contributed by atoms with Gasteiger partial charge in [-0.25, -0.2) is 4.98 Å². The van der Waals surface area contributed by atoms with Crippen molar-refractivity contribution in [2.45, 2.75) is 63.4 Å². The summed E-state index contributed by atoms with van der Waals surface area (Å²) in [5.74, 6) is 1.61. The molecule has 1 N–H and O–H groups in total. The summed E-state index contributed by atoms with van der Waals surface area (Å²) in [6.07, 6.45) is 10.4. The van der Waals surface area contributed by atoms with E-state index in [1.807, 2.05) is 12.5 Å². The predicted octanol–water partition coefficient (Wildman–Crippen LogP) is 5.53. The quantitative estimate of drug-likeness (QED) is 0.664. The van der Waals surface area contributed by atoms with Gasteiger partial charge in [0.25, 0.3) is 0 Å². The molecule has 0 aliphatic heterocycles. The molecule has 0 spiro atoms. The van der Waals surface area contributed by atoms with Gasteiger partial charge in [-0.3, -0.25) is 0 Å². The summed E-state index contributed by atoms with van der Waals surface area (Å²) in [5, 5.41) is 11.4. The minimum absolute atomic E-state index is 0.344. The van der Waals surface area contributed by atoms with Gasteiger partial charge in [-0.05, 0) is 80.4 Å². The number of benzene rings is 1. The Bertz CT molecular complexity index is 948. The van der Waals surface area contributed by atoms with Crippen LogP contribution in [-0.4, -0.2) is 14.5 Å². The number of aryl methyl sites for hydroxylation is 1. The molecule has 0 unspecified atom stereocenters. The Morgan fingerprint density at radius 2 is 1.78 bits per heavy atom. The Morgan fingerprint density at radius 3 is 2.52 bits per heavy atom. The highest BCUT2D eigenvalue weighted by Crippen LogP contribution is 2.47. The van der Waals surface area contributed by atoms with E-state index in [0.717, 1.165) is 24.1 Å². The highest BCUT2D eigenvalue weighted by molar-refractivity contribution is 5.50. The van der Waals surface area contributed by atoms with E-state index in [4.69, 9.17) is 0 Å². The van der Waals surface area contributed by atoms with Crippen LogP contribution >= 0.6 is 0 Å². The Labute approximate surface area is 161 Å². The zero-order chi connectivity index (χ0) is 18.4. The Morgan fingerprint density at radius 1 is 1.00 bits per heavy atom. The lowest BCUT2D eigenvalue weighted by Crippen LogP contribution is -2.22. The summed E-state index contributed by atoms with van der Waals surface area (Å²) in [6, 6.07) is 13.3. The van der Waals surface area contributed by atoms with Crippen LogP contribution in [0.5, 0.6) is 0 Å². The molecule has 140 valence electrons. The Balaban J connectivity index is 1.38. The van der Waals surface area contributed by atoms with Crippen LogP contribution in [0.15, 0.2) is 48.9 Å². The van der Waals surface area contributed by atoms with Crippen LogP contribution in [0.25, 0.3) is 5.52 Å². The van der Waals surface area contributed by atoms with E-state index in [1.165, 1.54) is 42.4 Å². The average Bonchev–Trinajstić information content (AvgIpc) is 3.43. The van der Waals surface area contributed by atoms with Crippen molar-refractivity contribution in [2.24, 2.45) is 5.92 Å². The lowest BCUT2D eigenvalue weighted by atomic mass is 9.75. The molecular weight excluding hydrogens is 332 g/mol. The average molecular weight is 361 g/mol. The number of pyridine rings is 1. The summed E-state index contributed by atoms with van der Waals surface area (Å²) < 4.78 is 2.13. The molecular formula is C24H28N2O. The number of nitrogens with zero attached hydrogens (tertiary/aromatic N) is 2. The molecule has 3 heteroatoms. The lowest BCUT2D eigenvalue weighted by molar-refractivity contribution is 0.0754. The summed E-state index contributed by atoms with van der Waals surface area (Å²) in [7, 11) is 0. The van der Waals surface area contributed by atoms with Gasteiger partial charge in [0.15, 0.2) is 0 Å². The van der Waals surface area contributed by atoms with Gasteiger partial charge in [-0.2, -0.15) is 0 Å². The fourth-order valence-electron chi connectivity index (χ4n) is 5.00. The van der Waals surface area contributed by atoms with Crippen LogP contribution in [-0.2, 0) is 0 Å². The van der Waals surface area contributed by atoms with Crippen molar-refractivity contribution in [3.63, 3.8) is 0 Å². The molecule has 1 aromatic carbocycles. The fourth-order valence-corrected chi connectivity index (χ4v) is 5.00. The molecule has 2 aliphatic rings. The molecule has 27 heavy (non-hydrogen) atoms. The maximum absolute atomic E-state index is 11.4. The largest absolute Gasteiger partial charge is 0.387 e. The topological polar surface area (TPSA) is 37.5 Å². The minimum atomic E-state index is -0.392. The van der Waals surface area contributed by atoms with E-state index in [9.17, 15) is 5.11 Å². The predicted molar refractivity (Wildman–Crippen MR) is 108 cm³/mol. The third-order valence-corrected chi connectivity index (χ3v) is 6.69. The smallest absolute Gasteiger partial charge is 0.0995 e. The van der Waals surface area contributed by atoms with Crippen LogP contribution in [0.2, 0.25) is 0 Å². The van der Waals surface area contributed by atoms with Gasteiger partial charge >= 0.3 is 0 Å².